The highest BCUT2D eigenvalue weighted by atomic mass is 35.5. The van der Waals surface area contributed by atoms with Gasteiger partial charge in [-0.25, -0.2) is 8.42 Å². The molecule has 1 heterocycles. The minimum Gasteiger partial charge on any atom is -0.321 e. The van der Waals surface area contributed by atoms with Crippen LogP contribution in [0.25, 0.3) is 0 Å². The van der Waals surface area contributed by atoms with E-state index in [1.807, 2.05) is 19.9 Å². The minimum absolute atomic E-state index is 0.0225. The molecule has 1 amide bonds. The first-order valence-corrected chi connectivity index (χ1v) is 10.2. The molecule has 0 radical (unpaired) electrons. The number of amides is 1. The van der Waals surface area contributed by atoms with Crippen molar-refractivity contribution in [2.45, 2.75) is 18.7 Å². The van der Waals surface area contributed by atoms with Gasteiger partial charge in [0, 0.05) is 17.4 Å². The molecule has 2 aromatic carbocycles. The van der Waals surface area contributed by atoms with Crippen LogP contribution in [0.1, 0.15) is 21.5 Å². The molecule has 0 spiro atoms. The Morgan fingerprint density at radius 1 is 1.00 bits per heavy atom. The predicted molar refractivity (Wildman–Crippen MR) is 110 cm³/mol. The molecule has 0 atom stereocenters. The average Bonchev–Trinajstić information content (AvgIpc) is 2.65. The van der Waals surface area contributed by atoms with Gasteiger partial charge in [0.2, 0.25) is 0 Å². The van der Waals surface area contributed by atoms with E-state index in [-0.39, 0.29) is 15.5 Å². The molecule has 0 aliphatic heterocycles. The molecule has 3 aromatic rings. The summed E-state index contributed by atoms with van der Waals surface area (Å²) in [5.41, 5.74) is 3.09. The fourth-order valence-corrected chi connectivity index (χ4v) is 4.08. The molecule has 0 saturated carbocycles. The van der Waals surface area contributed by atoms with Gasteiger partial charge >= 0.3 is 0 Å². The Labute approximate surface area is 168 Å². The smallest absolute Gasteiger partial charge is 0.263 e. The summed E-state index contributed by atoms with van der Waals surface area (Å²) in [6.07, 6.45) is 3.08. The molecular formula is C20H18ClN3O3S. The van der Waals surface area contributed by atoms with E-state index in [2.05, 4.69) is 15.0 Å². The third kappa shape index (κ3) is 4.49. The van der Waals surface area contributed by atoms with E-state index in [1.54, 1.807) is 30.5 Å². The quantitative estimate of drug-likeness (QED) is 0.646. The van der Waals surface area contributed by atoms with E-state index in [9.17, 15) is 13.2 Å². The lowest BCUT2D eigenvalue weighted by Crippen LogP contribution is -2.16. The number of benzene rings is 2. The zero-order chi connectivity index (χ0) is 20.3. The molecule has 8 heteroatoms. The third-order valence-electron chi connectivity index (χ3n) is 4.16. The topological polar surface area (TPSA) is 88.2 Å². The highest BCUT2D eigenvalue weighted by Crippen LogP contribution is 2.26. The van der Waals surface area contributed by atoms with E-state index in [4.69, 9.17) is 11.6 Å². The van der Waals surface area contributed by atoms with Crippen molar-refractivity contribution in [2.24, 2.45) is 0 Å². The lowest BCUT2D eigenvalue weighted by molar-refractivity contribution is 0.102. The standard InChI is InChI=1S/C20H18ClN3O3S/c1-13-5-7-16(10-14(13)2)24-28(26,27)19-11-15(6-8-18(19)21)20(25)23-17-4-3-9-22-12-17/h3-12,24H,1-2H3,(H,23,25). The maximum atomic E-state index is 12.8. The van der Waals surface area contributed by atoms with E-state index < -0.39 is 15.9 Å². The molecule has 3 rings (SSSR count). The zero-order valence-corrected chi connectivity index (χ0v) is 16.8. The molecule has 0 saturated heterocycles. The molecular weight excluding hydrogens is 398 g/mol. The van der Waals surface area contributed by atoms with Gasteiger partial charge in [0.25, 0.3) is 15.9 Å². The molecule has 0 fully saturated rings. The number of sulfonamides is 1. The molecule has 0 aliphatic carbocycles. The lowest BCUT2D eigenvalue weighted by Gasteiger charge is -2.12. The summed E-state index contributed by atoms with van der Waals surface area (Å²) in [5, 5.41) is 2.68. The molecule has 0 bridgehead atoms. The van der Waals surface area contributed by atoms with Gasteiger partial charge in [0.05, 0.1) is 16.9 Å². The maximum Gasteiger partial charge on any atom is 0.263 e. The van der Waals surface area contributed by atoms with Gasteiger partial charge in [-0.3, -0.25) is 14.5 Å². The number of nitrogens with one attached hydrogen (secondary N) is 2. The molecule has 0 unspecified atom stereocenters. The number of halogens is 1. The van der Waals surface area contributed by atoms with Crippen LogP contribution in [0.2, 0.25) is 5.02 Å². The number of nitrogens with zero attached hydrogens (tertiary/aromatic N) is 1. The summed E-state index contributed by atoms with van der Waals surface area (Å²) in [6, 6.07) is 12.7. The first kappa shape index (κ1) is 19.9. The average molecular weight is 416 g/mol. The van der Waals surface area contributed by atoms with E-state index in [1.165, 1.54) is 24.4 Å². The molecule has 28 heavy (non-hydrogen) atoms. The second-order valence-corrected chi connectivity index (χ2v) is 8.30. The number of rotatable bonds is 5. The Hall–Kier alpha value is -2.90. The van der Waals surface area contributed by atoms with Crippen molar-refractivity contribution < 1.29 is 13.2 Å². The van der Waals surface area contributed by atoms with Gasteiger partial charge in [0.1, 0.15) is 4.90 Å². The first-order valence-electron chi connectivity index (χ1n) is 8.37. The van der Waals surface area contributed by atoms with Crippen LogP contribution < -0.4 is 10.0 Å². The fraction of sp³-hybridized carbons (Fsp3) is 0.100. The van der Waals surface area contributed by atoms with Crippen LogP contribution in [0.3, 0.4) is 0 Å². The zero-order valence-electron chi connectivity index (χ0n) is 15.2. The summed E-state index contributed by atoms with van der Waals surface area (Å²) in [4.78, 5) is 16.2. The second kappa shape index (κ2) is 8.00. The van der Waals surface area contributed by atoms with Crippen molar-refractivity contribution in [3.8, 4) is 0 Å². The highest BCUT2D eigenvalue weighted by molar-refractivity contribution is 7.92. The Balaban J connectivity index is 1.89. The number of carbonyl (C=O) groups is 1. The van der Waals surface area contributed by atoms with Crippen molar-refractivity contribution in [3.63, 3.8) is 0 Å². The van der Waals surface area contributed by atoms with Crippen molar-refractivity contribution in [2.75, 3.05) is 10.0 Å². The summed E-state index contributed by atoms with van der Waals surface area (Å²) in [6.45, 7) is 3.83. The molecule has 0 aliphatic rings. The third-order valence-corrected chi connectivity index (χ3v) is 6.02. The van der Waals surface area contributed by atoms with Crippen molar-refractivity contribution in [3.05, 3.63) is 82.6 Å². The SMILES string of the molecule is Cc1ccc(NS(=O)(=O)c2cc(C(=O)Nc3cccnc3)ccc2Cl)cc1C. The van der Waals surface area contributed by atoms with Gasteiger partial charge in [-0.2, -0.15) is 0 Å². The Morgan fingerprint density at radius 2 is 1.79 bits per heavy atom. The van der Waals surface area contributed by atoms with Crippen LogP contribution in [0.4, 0.5) is 11.4 Å². The Kier molecular flexibility index (Phi) is 5.67. The van der Waals surface area contributed by atoms with Crippen molar-refractivity contribution in [1.82, 2.24) is 4.98 Å². The van der Waals surface area contributed by atoms with Crippen molar-refractivity contribution in [1.29, 1.82) is 0 Å². The fourth-order valence-electron chi connectivity index (χ4n) is 2.51. The van der Waals surface area contributed by atoms with E-state index >= 15 is 0 Å². The summed E-state index contributed by atoms with van der Waals surface area (Å²) in [7, 11) is -3.98. The van der Waals surface area contributed by atoms with Crippen LogP contribution in [0.15, 0.2) is 65.8 Å². The van der Waals surface area contributed by atoms with Gasteiger partial charge in [0.15, 0.2) is 0 Å². The van der Waals surface area contributed by atoms with E-state index in [0.29, 0.717) is 11.4 Å². The number of anilines is 2. The van der Waals surface area contributed by atoms with Gasteiger partial charge < -0.3 is 5.32 Å². The van der Waals surface area contributed by atoms with Crippen LogP contribution in [-0.2, 0) is 10.0 Å². The highest BCUT2D eigenvalue weighted by Gasteiger charge is 2.21. The second-order valence-electron chi connectivity index (χ2n) is 6.25. The summed E-state index contributed by atoms with van der Waals surface area (Å²) < 4.78 is 28.1. The summed E-state index contributed by atoms with van der Waals surface area (Å²) >= 11 is 6.11. The van der Waals surface area contributed by atoms with Gasteiger partial charge in [-0.1, -0.05) is 17.7 Å². The molecule has 144 valence electrons. The monoisotopic (exact) mass is 415 g/mol. The van der Waals surface area contributed by atoms with Gasteiger partial charge in [-0.05, 0) is 67.4 Å². The van der Waals surface area contributed by atoms with Gasteiger partial charge in [-0.15, -0.1) is 0 Å². The van der Waals surface area contributed by atoms with Crippen LogP contribution >= 0.6 is 11.6 Å². The largest absolute Gasteiger partial charge is 0.321 e. The Bertz CT molecular complexity index is 1130. The molecule has 1 aromatic heterocycles. The number of hydrogen-bond acceptors (Lipinski definition) is 4. The number of carbonyl (C=O) groups excluding carboxylic acids is 1. The van der Waals surface area contributed by atoms with E-state index in [0.717, 1.165) is 11.1 Å². The van der Waals surface area contributed by atoms with Crippen LogP contribution in [0.5, 0.6) is 0 Å². The normalized spacial score (nSPS) is 11.1. The predicted octanol–water partition coefficient (Wildman–Crippen LogP) is 4.40. The minimum atomic E-state index is -3.98. The Morgan fingerprint density at radius 3 is 2.46 bits per heavy atom. The molecule has 2 N–H and O–H groups in total. The van der Waals surface area contributed by atoms with Crippen molar-refractivity contribution >= 4 is 38.9 Å². The maximum absolute atomic E-state index is 12.8. The number of aromatic nitrogens is 1. The number of aryl methyl sites for hydroxylation is 2. The summed E-state index contributed by atoms with van der Waals surface area (Å²) in [5.74, 6) is -0.465. The lowest BCUT2D eigenvalue weighted by atomic mass is 10.1. The van der Waals surface area contributed by atoms with Crippen LogP contribution in [-0.4, -0.2) is 19.3 Å². The number of pyridine rings is 1. The first-order chi connectivity index (χ1) is 13.3. The molecule has 6 nitrogen and oxygen atoms in total. The number of hydrogen-bond donors (Lipinski definition) is 2. The van der Waals surface area contributed by atoms with Crippen LogP contribution in [0, 0.1) is 13.8 Å².